The van der Waals surface area contributed by atoms with Gasteiger partial charge in [-0.15, -0.1) is 0 Å². The Morgan fingerprint density at radius 2 is 1.75 bits per heavy atom. The summed E-state index contributed by atoms with van der Waals surface area (Å²) in [5.41, 5.74) is 2.24. The third-order valence-corrected chi connectivity index (χ3v) is 4.65. The van der Waals surface area contributed by atoms with Gasteiger partial charge in [0.05, 0.1) is 5.56 Å². The van der Waals surface area contributed by atoms with Crippen LogP contribution < -0.4 is 0 Å². The molecule has 0 aliphatic rings. The van der Waals surface area contributed by atoms with Gasteiger partial charge in [0.25, 0.3) is 5.91 Å². The number of aromatic nitrogens is 1. The molecular formula is C19H24N2O3. The largest absolute Gasteiger partial charge is 0.480 e. The molecule has 1 N–H and O–H groups in total. The van der Waals surface area contributed by atoms with Gasteiger partial charge in [0.15, 0.2) is 0 Å². The van der Waals surface area contributed by atoms with Gasteiger partial charge in [0, 0.05) is 25.0 Å². The van der Waals surface area contributed by atoms with E-state index < -0.39 is 11.5 Å². The van der Waals surface area contributed by atoms with Crippen molar-refractivity contribution in [3.05, 3.63) is 58.9 Å². The topological polar surface area (TPSA) is 62.5 Å². The van der Waals surface area contributed by atoms with E-state index in [0.29, 0.717) is 12.1 Å². The van der Waals surface area contributed by atoms with Crippen LogP contribution in [0.1, 0.15) is 41.2 Å². The Bertz CT molecular complexity index is 760. The molecule has 2 rings (SSSR count). The average Bonchev–Trinajstić information content (AvgIpc) is 2.82. The first-order valence-electron chi connectivity index (χ1n) is 7.88. The van der Waals surface area contributed by atoms with Crippen molar-refractivity contribution in [2.45, 2.75) is 39.8 Å². The zero-order valence-corrected chi connectivity index (χ0v) is 14.8. The molecule has 24 heavy (non-hydrogen) atoms. The van der Waals surface area contributed by atoms with Gasteiger partial charge in [-0.05, 0) is 39.3 Å². The molecule has 0 bridgehead atoms. The summed E-state index contributed by atoms with van der Waals surface area (Å²) < 4.78 is 2.07. The molecule has 0 radical (unpaired) electrons. The number of hydrogen-bond donors (Lipinski definition) is 1. The molecular weight excluding hydrogens is 304 g/mol. The fraction of sp³-hybridized carbons (Fsp3) is 0.368. The SMILES string of the molecule is Cc1cc(C(=O)N(C)C(C)(C)C(=O)O)c(C)n1Cc1ccccc1. The van der Waals surface area contributed by atoms with Gasteiger partial charge in [0.1, 0.15) is 5.54 Å². The van der Waals surface area contributed by atoms with Crippen LogP contribution in [0.25, 0.3) is 0 Å². The third-order valence-electron chi connectivity index (χ3n) is 4.65. The van der Waals surface area contributed by atoms with Gasteiger partial charge in [-0.2, -0.15) is 0 Å². The standard InChI is InChI=1S/C19H24N2O3/c1-13-11-16(17(22)20(5)19(3,4)18(23)24)14(2)21(13)12-15-9-7-6-8-10-15/h6-11H,12H2,1-5H3,(H,23,24). The number of aryl methyl sites for hydroxylation is 1. The summed E-state index contributed by atoms with van der Waals surface area (Å²) in [6.07, 6.45) is 0. The van der Waals surface area contributed by atoms with Gasteiger partial charge < -0.3 is 14.6 Å². The fourth-order valence-corrected chi connectivity index (χ4v) is 2.60. The Morgan fingerprint density at radius 1 is 1.17 bits per heavy atom. The average molecular weight is 328 g/mol. The molecule has 0 spiro atoms. The molecule has 0 fully saturated rings. The highest BCUT2D eigenvalue weighted by Gasteiger charge is 2.36. The predicted molar refractivity (Wildman–Crippen MR) is 93.3 cm³/mol. The highest BCUT2D eigenvalue weighted by atomic mass is 16.4. The number of rotatable bonds is 5. The van der Waals surface area contributed by atoms with E-state index in [1.807, 2.05) is 50.2 Å². The summed E-state index contributed by atoms with van der Waals surface area (Å²) in [5, 5.41) is 9.33. The molecule has 1 aromatic carbocycles. The predicted octanol–water partition coefficient (Wildman–Crippen LogP) is 3.09. The molecule has 0 aliphatic heterocycles. The maximum absolute atomic E-state index is 12.8. The maximum atomic E-state index is 12.8. The molecule has 0 saturated heterocycles. The van der Waals surface area contributed by atoms with E-state index in [9.17, 15) is 14.7 Å². The van der Waals surface area contributed by atoms with Crippen molar-refractivity contribution in [3.8, 4) is 0 Å². The highest BCUT2D eigenvalue weighted by Crippen LogP contribution is 2.22. The van der Waals surface area contributed by atoms with Crippen molar-refractivity contribution >= 4 is 11.9 Å². The number of benzene rings is 1. The Labute approximate surface area is 142 Å². The summed E-state index contributed by atoms with van der Waals surface area (Å²) in [4.78, 5) is 25.5. The molecule has 0 saturated carbocycles. The van der Waals surface area contributed by atoms with Crippen LogP contribution in [0.2, 0.25) is 0 Å². The van der Waals surface area contributed by atoms with E-state index in [2.05, 4.69) is 4.57 Å². The van der Waals surface area contributed by atoms with Crippen molar-refractivity contribution in [2.24, 2.45) is 0 Å². The lowest BCUT2D eigenvalue weighted by Gasteiger charge is -2.31. The molecule has 1 amide bonds. The minimum absolute atomic E-state index is 0.283. The van der Waals surface area contributed by atoms with Crippen molar-refractivity contribution in [2.75, 3.05) is 7.05 Å². The van der Waals surface area contributed by atoms with Crippen LogP contribution in [0.5, 0.6) is 0 Å². The lowest BCUT2D eigenvalue weighted by molar-refractivity contribution is -0.147. The van der Waals surface area contributed by atoms with E-state index in [0.717, 1.165) is 17.0 Å². The number of nitrogens with zero attached hydrogens (tertiary/aromatic N) is 2. The Hall–Kier alpha value is -2.56. The number of likely N-dealkylation sites (N-methyl/N-ethyl adjacent to an activating group) is 1. The van der Waals surface area contributed by atoms with Gasteiger partial charge in [-0.25, -0.2) is 4.79 Å². The maximum Gasteiger partial charge on any atom is 0.329 e. The first kappa shape index (κ1) is 17.8. The second-order valence-corrected chi connectivity index (χ2v) is 6.58. The van der Waals surface area contributed by atoms with Gasteiger partial charge >= 0.3 is 5.97 Å². The number of hydrogen-bond acceptors (Lipinski definition) is 2. The first-order chi connectivity index (χ1) is 11.2. The van der Waals surface area contributed by atoms with Crippen LogP contribution in [0.4, 0.5) is 0 Å². The molecule has 5 nitrogen and oxygen atoms in total. The zero-order valence-electron chi connectivity index (χ0n) is 14.8. The van der Waals surface area contributed by atoms with Crippen LogP contribution >= 0.6 is 0 Å². The number of carbonyl (C=O) groups is 2. The lowest BCUT2D eigenvalue weighted by atomic mass is 10.0. The monoisotopic (exact) mass is 328 g/mol. The second kappa shape index (κ2) is 6.51. The number of carboxylic acids is 1. The molecule has 1 heterocycles. The smallest absolute Gasteiger partial charge is 0.329 e. The Balaban J connectivity index is 2.34. The third kappa shape index (κ3) is 3.20. The molecule has 0 aliphatic carbocycles. The second-order valence-electron chi connectivity index (χ2n) is 6.58. The Morgan fingerprint density at radius 3 is 2.29 bits per heavy atom. The first-order valence-corrected chi connectivity index (χ1v) is 7.88. The van der Waals surface area contributed by atoms with Crippen molar-refractivity contribution in [1.29, 1.82) is 0 Å². The van der Waals surface area contributed by atoms with Crippen LogP contribution in [0.15, 0.2) is 36.4 Å². The normalized spacial score (nSPS) is 11.4. The molecule has 5 heteroatoms. The summed E-state index contributed by atoms with van der Waals surface area (Å²) in [6.45, 7) is 7.57. The van der Waals surface area contributed by atoms with Crippen LogP contribution in [0, 0.1) is 13.8 Å². The molecule has 1 aromatic heterocycles. The van der Waals surface area contributed by atoms with Crippen molar-refractivity contribution in [1.82, 2.24) is 9.47 Å². The molecule has 2 aromatic rings. The van der Waals surface area contributed by atoms with Crippen LogP contribution in [0.3, 0.4) is 0 Å². The molecule has 0 atom stereocenters. The minimum Gasteiger partial charge on any atom is -0.480 e. The van der Waals surface area contributed by atoms with E-state index in [1.165, 1.54) is 25.8 Å². The number of amides is 1. The van der Waals surface area contributed by atoms with E-state index in [1.54, 1.807) is 0 Å². The zero-order chi connectivity index (χ0) is 18.1. The summed E-state index contributed by atoms with van der Waals surface area (Å²) in [6, 6.07) is 11.9. The molecule has 128 valence electrons. The number of carboxylic acid groups (broad SMARTS) is 1. The van der Waals surface area contributed by atoms with Gasteiger partial charge in [0.2, 0.25) is 0 Å². The molecule has 0 unspecified atom stereocenters. The van der Waals surface area contributed by atoms with E-state index in [4.69, 9.17) is 0 Å². The Kier molecular flexibility index (Phi) is 4.83. The van der Waals surface area contributed by atoms with E-state index >= 15 is 0 Å². The van der Waals surface area contributed by atoms with Crippen molar-refractivity contribution < 1.29 is 14.7 Å². The van der Waals surface area contributed by atoms with Crippen molar-refractivity contribution in [3.63, 3.8) is 0 Å². The summed E-state index contributed by atoms with van der Waals surface area (Å²) >= 11 is 0. The van der Waals surface area contributed by atoms with Gasteiger partial charge in [-0.1, -0.05) is 30.3 Å². The fourth-order valence-electron chi connectivity index (χ4n) is 2.60. The van der Waals surface area contributed by atoms with Gasteiger partial charge in [-0.3, -0.25) is 4.79 Å². The summed E-state index contributed by atoms with van der Waals surface area (Å²) in [7, 11) is 1.53. The van der Waals surface area contributed by atoms with E-state index in [-0.39, 0.29) is 5.91 Å². The highest BCUT2D eigenvalue weighted by molar-refractivity contribution is 5.98. The lowest BCUT2D eigenvalue weighted by Crippen LogP contribution is -2.50. The van der Waals surface area contributed by atoms with Crippen LogP contribution in [-0.2, 0) is 11.3 Å². The van der Waals surface area contributed by atoms with Crippen LogP contribution in [-0.4, -0.2) is 39.0 Å². The number of carbonyl (C=O) groups excluding carboxylic acids is 1. The number of aliphatic carboxylic acids is 1. The summed E-state index contributed by atoms with van der Waals surface area (Å²) in [5.74, 6) is -1.31. The quantitative estimate of drug-likeness (QED) is 0.917. The minimum atomic E-state index is -1.26.